The van der Waals surface area contributed by atoms with Gasteiger partial charge in [0.05, 0.1) is 17.6 Å². The SMILES string of the molecule is CC1SC2(C(=O)N(CN3CCCCC3)c3ccccc32)N(c2ccc(Cl)cc2)C1=O. The van der Waals surface area contributed by atoms with Crippen LogP contribution in [0.15, 0.2) is 48.5 Å². The van der Waals surface area contributed by atoms with Crippen molar-refractivity contribution in [2.45, 2.75) is 36.3 Å². The molecule has 2 atom stereocenters. The Labute approximate surface area is 186 Å². The number of hydrogen-bond acceptors (Lipinski definition) is 4. The van der Waals surface area contributed by atoms with E-state index in [0.29, 0.717) is 17.4 Å². The fourth-order valence-electron chi connectivity index (χ4n) is 4.77. The van der Waals surface area contributed by atoms with Crippen molar-refractivity contribution in [3.8, 4) is 0 Å². The summed E-state index contributed by atoms with van der Waals surface area (Å²) in [5.41, 5.74) is 2.50. The smallest absolute Gasteiger partial charge is 0.269 e. The molecule has 0 saturated carbocycles. The first-order valence-corrected chi connectivity index (χ1v) is 11.7. The molecule has 2 fully saturated rings. The van der Waals surface area contributed by atoms with Crippen molar-refractivity contribution in [3.05, 3.63) is 59.1 Å². The number of carbonyl (C=O) groups excluding carboxylic acids is 2. The number of piperidine rings is 1. The lowest BCUT2D eigenvalue weighted by atomic mass is 10.0. The summed E-state index contributed by atoms with van der Waals surface area (Å²) >= 11 is 7.53. The average molecular weight is 442 g/mol. The van der Waals surface area contributed by atoms with Gasteiger partial charge < -0.3 is 0 Å². The maximum Gasteiger partial charge on any atom is 0.269 e. The second kappa shape index (κ2) is 7.59. The first-order valence-electron chi connectivity index (χ1n) is 10.4. The van der Waals surface area contributed by atoms with Gasteiger partial charge >= 0.3 is 0 Å². The number of hydrogen-bond donors (Lipinski definition) is 0. The third-order valence-corrected chi connectivity index (χ3v) is 7.93. The number of anilines is 2. The van der Waals surface area contributed by atoms with E-state index in [1.807, 2.05) is 48.2 Å². The number of likely N-dealkylation sites (tertiary alicyclic amines) is 1. The van der Waals surface area contributed by atoms with Crippen LogP contribution in [0.2, 0.25) is 5.02 Å². The van der Waals surface area contributed by atoms with Crippen molar-refractivity contribution in [2.24, 2.45) is 0 Å². The van der Waals surface area contributed by atoms with Crippen LogP contribution in [0.5, 0.6) is 0 Å². The molecular formula is C23H24ClN3O2S. The van der Waals surface area contributed by atoms with Gasteiger partial charge in [-0.3, -0.25) is 24.3 Å². The number of thioether (sulfide) groups is 1. The summed E-state index contributed by atoms with van der Waals surface area (Å²) < 4.78 is 0. The zero-order valence-electron chi connectivity index (χ0n) is 16.9. The molecule has 2 aromatic carbocycles. The van der Waals surface area contributed by atoms with Crippen molar-refractivity contribution < 1.29 is 9.59 Å². The summed E-state index contributed by atoms with van der Waals surface area (Å²) in [6, 6.07) is 15.1. The van der Waals surface area contributed by atoms with Crippen molar-refractivity contribution in [1.29, 1.82) is 0 Å². The second-order valence-corrected chi connectivity index (χ2v) is 10.1. The van der Waals surface area contributed by atoms with Gasteiger partial charge in [0.25, 0.3) is 5.91 Å². The molecule has 3 aliphatic rings. The zero-order valence-corrected chi connectivity index (χ0v) is 18.5. The third-order valence-electron chi connectivity index (χ3n) is 6.20. The van der Waals surface area contributed by atoms with Gasteiger partial charge in [-0.15, -0.1) is 11.8 Å². The molecule has 5 nitrogen and oxygen atoms in total. The molecule has 156 valence electrons. The number of nitrogens with zero attached hydrogens (tertiary/aromatic N) is 3. The van der Waals surface area contributed by atoms with Gasteiger partial charge in [-0.1, -0.05) is 36.2 Å². The quantitative estimate of drug-likeness (QED) is 0.705. The molecule has 2 unspecified atom stereocenters. The van der Waals surface area contributed by atoms with Gasteiger partial charge in [-0.05, 0) is 63.2 Å². The maximum atomic E-state index is 14.1. The molecule has 0 aliphatic carbocycles. The average Bonchev–Trinajstić information content (AvgIpc) is 3.16. The highest BCUT2D eigenvalue weighted by molar-refractivity contribution is 8.03. The number of fused-ring (bicyclic) bond motifs is 2. The Morgan fingerprint density at radius 3 is 2.47 bits per heavy atom. The molecule has 5 rings (SSSR count). The van der Waals surface area contributed by atoms with Gasteiger partial charge in [0.2, 0.25) is 10.8 Å². The van der Waals surface area contributed by atoms with Crippen LogP contribution in [-0.4, -0.2) is 41.7 Å². The topological polar surface area (TPSA) is 43.9 Å². The number of para-hydroxylation sites is 1. The lowest BCUT2D eigenvalue weighted by Gasteiger charge is -2.35. The highest BCUT2D eigenvalue weighted by Crippen LogP contribution is 2.57. The van der Waals surface area contributed by atoms with Crippen LogP contribution in [0.4, 0.5) is 11.4 Å². The minimum absolute atomic E-state index is 0.0353. The number of rotatable bonds is 3. The van der Waals surface area contributed by atoms with E-state index in [2.05, 4.69) is 4.90 Å². The predicted molar refractivity (Wildman–Crippen MR) is 122 cm³/mol. The molecule has 2 amide bonds. The standard InChI is InChI=1S/C23H24ClN3O2S/c1-16-21(28)27(18-11-9-17(24)10-12-18)23(30-16)19-7-3-4-8-20(19)26(22(23)29)15-25-13-5-2-6-14-25/h3-4,7-12,16H,2,5-6,13-15H2,1H3. The van der Waals surface area contributed by atoms with E-state index in [-0.39, 0.29) is 17.1 Å². The number of carbonyl (C=O) groups is 2. The molecule has 0 bridgehead atoms. The maximum absolute atomic E-state index is 14.1. The Morgan fingerprint density at radius 2 is 1.73 bits per heavy atom. The Balaban J connectivity index is 1.61. The lowest BCUT2D eigenvalue weighted by Crippen LogP contribution is -2.52. The van der Waals surface area contributed by atoms with Crippen molar-refractivity contribution in [2.75, 3.05) is 29.6 Å². The fraction of sp³-hybridized carbons (Fsp3) is 0.391. The van der Waals surface area contributed by atoms with Gasteiger partial charge in [0.15, 0.2) is 0 Å². The monoisotopic (exact) mass is 441 g/mol. The van der Waals surface area contributed by atoms with E-state index >= 15 is 0 Å². The number of amides is 2. The van der Waals surface area contributed by atoms with Crippen LogP contribution in [0.3, 0.4) is 0 Å². The number of benzene rings is 2. The summed E-state index contributed by atoms with van der Waals surface area (Å²) in [6.07, 6.45) is 3.57. The molecule has 30 heavy (non-hydrogen) atoms. The van der Waals surface area contributed by atoms with E-state index in [9.17, 15) is 9.59 Å². The van der Waals surface area contributed by atoms with Gasteiger partial charge in [0, 0.05) is 16.3 Å². The van der Waals surface area contributed by atoms with E-state index in [0.717, 1.165) is 37.2 Å². The zero-order chi connectivity index (χ0) is 20.9. The molecule has 0 N–H and O–H groups in total. The molecule has 2 aromatic rings. The van der Waals surface area contributed by atoms with Crippen LogP contribution < -0.4 is 9.80 Å². The first kappa shape index (κ1) is 19.9. The molecular weight excluding hydrogens is 418 g/mol. The van der Waals surface area contributed by atoms with Gasteiger partial charge in [0.1, 0.15) is 0 Å². The third kappa shape index (κ3) is 2.96. The fourth-order valence-corrected chi connectivity index (χ4v) is 6.42. The summed E-state index contributed by atoms with van der Waals surface area (Å²) in [4.78, 5) is 32.2. The highest BCUT2D eigenvalue weighted by atomic mass is 35.5. The molecule has 0 aromatic heterocycles. The highest BCUT2D eigenvalue weighted by Gasteiger charge is 2.63. The van der Waals surface area contributed by atoms with Crippen LogP contribution in [0, 0.1) is 0 Å². The summed E-state index contributed by atoms with van der Waals surface area (Å²) in [5, 5.41) is 0.289. The summed E-state index contributed by atoms with van der Waals surface area (Å²) in [6.45, 7) is 4.45. The molecule has 3 aliphatic heterocycles. The van der Waals surface area contributed by atoms with Crippen molar-refractivity contribution >= 4 is 46.6 Å². The van der Waals surface area contributed by atoms with E-state index in [1.165, 1.54) is 18.2 Å². The number of halogens is 1. The largest absolute Gasteiger partial charge is 0.295 e. The Kier molecular flexibility index (Phi) is 5.04. The molecule has 7 heteroatoms. The lowest BCUT2D eigenvalue weighted by molar-refractivity contribution is -0.124. The Bertz CT molecular complexity index is 992. The van der Waals surface area contributed by atoms with Crippen LogP contribution in [0.1, 0.15) is 31.7 Å². The summed E-state index contributed by atoms with van der Waals surface area (Å²) in [7, 11) is 0. The second-order valence-electron chi connectivity index (χ2n) is 8.12. The van der Waals surface area contributed by atoms with Gasteiger partial charge in [-0.25, -0.2) is 0 Å². The van der Waals surface area contributed by atoms with E-state index < -0.39 is 4.87 Å². The summed E-state index contributed by atoms with van der Waals surface area (Å²) in [5.74, 6) is -0.0859. The van der Waals surface area contributed by atoms with Crippen LogP contribution in [0.25, 0.3) is 0 Å². The molecule has 1 spiro atoms. The predicted octanol–water partition coefficient (Wildman–Crippen LogP) is 4.45. The van der Waals surface area contributed by atoms with Crippen molar-refractivity contribution in [3.63, 3.8) is 0 Å². The molecule has 0 radical (unpaired) electrons. The molecule has 2 saturated heterocycles. The van der Waals surface area contributed by atoms with E-state index in [1.54, 1.807) is 17.0 Å². The minimum atomic E-state index is -1.07. The Morgan fingerprint density at radius 1 is 1.03 bits per heavy atom. The molecule has 3 heterocycles. The van der Waals surface area contributed by atoms with Crippen LogP contribution >= 0.6 is 23.4 Å². The first-order chi connectivity index (χ1) is 14.5. The van der Waals surface area contributed by atoms with E-state index in [4.69, 9.17) is 11.6 Å². The van der Waals surface area contributed by atoms with Crippen molar-refractivity contribution in [1.82, 2.24) is 4.90 Å². The normalized spacial score (nSPS) is 26.7. The Hall–Kier alpha value is -2.02. The van der Waals surface area contributed by atoms with Crippen LogP contribution in [-0.2, 0) is 14.5 Å². The minimum Gasteiger partial charge on any atom is -0.295 e. The van der Waals surface area contributed by atoms with Gasteiger partial charge in [-0.2, -0.15) is 0 Å².